The molecule has 0 bridgehead atoms. The van der Waals surface area contributed by atoms with E-state index in [0.29, 0.717) is 22.4 Å². The van der Waals surface area contributed by atoms with Crippen molar-refractivity contribution in [3.8, 4) is 0 Å². The van der Waals surface area contributed by atoms with E-state index in [-0.39, 0.29) is 5.69 Å². The molecule has 9 nitrogen and oxygen atoms in total. The molecule has 3 aromatic rings. The van der Waals surface area contributed by atoms with Crippen LogP contribution >= 0.6 is 0 Å². The van der Waals surface area contributed by atoms with E-state index in [1.54, 1.807) is 79.0 Å². The molecule has 224 valence electrons. The van der Waals surface area contributed by atoms with Crippen LogP contribution in [0.3, 0.4) is 0 Å². The van der Waals surface area contributed by atoms with E-state index in [9.17, 15) is 32.3 Å². The molecule has 0 fully saturated rings. The standard InChI is InChI=1S/C31H29F3N4O5/c1-19(36-25(39)15-16-31(32,33)34)28(40)37-23-13-8-12-21(17-23)26-29(41)38(24-14-7-6-11-22(24)18-35-26)27(30(42)43-2)20-9-4-3-5-10-20/h3-14,17-19,26-27H,15-16H2,1-2H3,(H,36,39)(H,37,40)/t19-,26?,27?/m0/s1. The maximum atomic E-state index is 14.2. The minimum absolute atomic E-state index is 0.266. The Morgan fingerprint density at radius 2 is 1.70 bits per heavy atom. The number of nitrogens with zero attached hydrogens (tertiary/aromatic N) is 2. The molecule has 4 rings (SSSR count). The van der Waals surface area contributed by atoms with Gasteiger partial charge in [-0.2, -0.15) is 13.2 Å². The molecular weight excluding hydrogens is 565 g/mol. The van der Waals surface area contributed by atoms with Crippen molar-refractivity contribution in [2.24, 2.45) is 4.99 Å². The number of ether oxygens (including phenoxy) is 1. The van der Waals surface area contributed by atoms with E-state index in [0.717, 1.165) is 0 Å². The molecule has 2 N–H and O–H groups in total. The number of methoxy groups -OCH3 is 1. The van der Waals surface area contributed by atoms with Gasteiger partial charge in [-0.15, -0.1) is 0 Å². The topological polar surface area (TPSA) is 117 Å². The predicted octanol–water partition coefficient (Wildman–Crippen LogP) is 4.89. The van der Waals surface area contributed by atoms with Gasteiger partial charge in [0.25, 0.3) is 5.91 Å². The largest absolute Gasteiger partial charge is 0.467 e. The number of alkyl halides is 3. The van der Waals surface area contributed by atoms with Crippen molar-refractivity contribution in [3.63, 3.8) is 0 Å². The Morgan fingerprint density at radius 3 is 2.40 bits per heavy atom. The van der Waals surface area contributed by atoms with Crippen LogP contribution in [0.25, 0.3) is 0 Å². The fourth-order valence-electron chi connectivity index (χ4n) is 4.59. The predicted molar refractivity (Wildman–Crippen MR) is 153 cm³/mol. The Morgan fingerprint density at radius 1 is 1.00 bits per heavy atom. The fraction of sp³-hybridized carbons (Fsp3) is 0.258. The highest BCUT2D eigenvalue weighted by Gasteiger charge is 2.39. The van der Waals surface area contributed by atoms with Gasteiger partial charge in [0, 0.05) is 23.9 Å². The number of hydrogen-bond donors (Lipinski definition) is 2. The van der Waals surface area contributed by atoms with Crippen molar-refractivity contribution < 1.29 is 37.1 Å². The number of esters is 1. The molecule has 2 unspecified atom stereocenters. The van der Waals surface area contributed by atoms with Gasteiger partial charge >= 0.3 is 12.1 Å². The summed E-state index contributed by atoms with van der Waals surface area (Å²) in [7, 11) is 1.24. The molecule has 0 saturated carbocycles. The van der Waals surface area contributed by atoms with Crippen molar-refractivity contribution in [1.29, 1.82) is 0 Å². The van der Waals surface area contributed by atoms with E-state index in [2.05, 4.69) is 15.6 Å². The lowest BCUT2D eigenvalue weighted by Gasteiger charge is -2.32. The Bertz CT molecular complexity index is 1530. The summed E-state index contributed by atoms with van der Waals surface area (Å²) in [5, 5.41) is 4.85. The summed E-state index contributed by atoms with van der Waals surface area (Å²) in [6.45, 7) is 1.34. The maximum Gasteiger partial charge on any atom is 0.389 e. The van der Waals surface area contributed by atoms with Gasteiger partial charge < -0.3 is 15.4 Å². The lowest BCUT2D eigenvalue weighted by Crippen LogP contribution is -2.42. The highest BCUT2D eigenvalue weighted by atomic mass is 19.4. The number of nitrogens with one attached hydrogen (secondary N) is 2. The molecule has 0 radical (unpaired) electrons. The second-order valence-corrected chi connectivity index (χ2v) is 9.80. The molecule has 3 atom stereocenters. The number of benzodiazepines with no additional fused rings is 1. The van der Waals surface area contributed by atoms with Gasteiger partial charge in [-0.05, 0) is 36.2 Å². The molecule has 0 aromatic heterocycles. The van der Waals surface area contributed by atoms with E-state index in [4.69, 9.17) is 4.74 Å². The van der Waals surface area contributed by atoms with Gasteiger partial charge in [-0.25, -0.2) is 4.79 Å². The van der Waals surface area contributed by atoms with Gasteiger partial charge in [-0.1, -0.05) is 60.7 Å². The quantitative estimate of drug-likeness (QED) is 0.342. The van der Waals surface area contributed by atoms with Crippen LogP contribution in [0.2, 0.25) is 0 Å². The van der Waals surface area contributed by atoms with Gasteiger partial charge in [0.2, 0.25) is 11.8 Å². The van der Waals surface area contributed by atoms with Gasteiger partial charge in [0.1, 0.15) is 6.04 Å². The van der Waals surface area contributed by atoms with E-state index in [1.165, 1.54) is 25.0 Å². The van der Waals surface area contributed by atoms with Crippen LogP contribution < -0.4 is 15.5 Å². The molecule has 0 aliphatic carbocycles. The van der Waals surface area contributed by atoms with Crippen LogP contribution in [0.5, 0.6) is 0 Å². The SMILES string of the molecule is COC(=O)C(c1ccccc1)N1C(=O)C(c2cccc(NC(=O)[C@H](C)NC(=O)CCC(F)(F)F)c2)N=Cc2ccccc21. The summed E-state index contributed by atoms with van der Waals surface area (Å²) >= 11 is 0. The monoisotopic (exact) mass is 594 g/mol. The third-order valence-electron chi connectivity index (χ3n) is 6.70. The van der Waals surface area contributed by atoms with Crippen LogP contribution in [0, 0.1) is 0 Å². The van der Waals surface area contributed by atoms with Gasteiger partial charge in [0.05, 0.1) is 19.2 Å². The van der Waals surface area contributed by atoms with Crippen LogP contribution in [0.1, 0.15) is 48.5 Å². The van der Waals surface area contributed by atoms with Crippen LogP contribution in [-0.4, -0.2) is 49.2 Å². The first-order valence-electron chi connectivity index (χ1n) is 13.3. The number of carbonyl (C=O) groups excluding carboxylic acids is 4. The Labute approximate surface area is 245 Å². The summed E-state index contributed by atoms with van der Waals surface area (Å²) in [6, 6.07) is 18.7. The number of aliphatic imine (C=N–C) groups is 1. The first-order valence-corrected chi connectivity index (χ1v) is 13.3. The van der Waals surface area contributed by atoms with Crippen LogP contribution in [-0.2, 0) is 23.9 Å². The highest BCUT2D eigenvalue weighted by Crippen LogP contribution is 2.37. The van der Waals surface area contributed by atoms with Gasteiger partial charge in [0.15, 0.2) is 12.1 Å². The summed E-state index contributed by atoms with van der Waals surface area (Å²) in [5.41, 5.74) is 2.25. The molecule has 0 spiro atoms. The molecule has 12 heteroatoms. The molecular formula is C31H29F3N4O5. The smallest absolute Gasteiger partial charge is 0.389 e. The maximum absolute atomic E-state index is 14.2. The summed E-state index contributed by atoms with van der Waals surface area (Å²) in [6.07, 6.45) is -5.04. The molecule has 1 aliphatic heterocycles. The normalized spacial score (nSPS) is 16.0. The Balaban J connectivity index is 1.61. The van der Waals surface area contributed by atoms with Crippen LogP contribution in [0.4, 0.5) is 24.5 Å². The zero-order valence-electron chi connectivity index (χ0n) is 23.3. The third kappa shape index (κ3) is 7.64. The third-order valence-corrected chi connectivity index (χ3v) is 6.70. The molecule has 0 saturated heterocycles. The minimum Gasteiger partial charge on any atom is -0.467 e. The number of halogens is 3. The first-order chi connectivity index (χ1) is 20.5. The van der Waals surface area contributed by atoms with E-state index >= 15 is 0 Å². The number of rotatable bonds is 9. The number of hydrogen-bond acceptors (Lipinski definition) is 6. The van der Waals surface area contributed by atoms with Gasteiger partial charge in [-0.3, -0.25) is 24.3 Å². The number of benzene rings is 3. The molecule has 1 heterocycles. The van der Waals surface area contributed by atoms with Crippen molar-refractivity contribution in [2.45, 2.75) is 44.1 Å². The zero-order chi connectivity index (χ0) is 31.1. The molecule has 3 amide bonds. The second kappa shape index (κ2) is 13.3. The summed E-state index contributed by atoms with van der Waals surface area (Å²) in [4.78, 5) is 57.8. The van der Waals surface area contributed by atoms with Crippen molar-refractivity contribution in [1.82, 2.24) is 5.32 Å². The average molecular weight is 595 g/mol. The van der Waals surface area contributed by atoms with Crippen LogP contribution in [0.15, 0.2) is 83.9 Å². The Hall–Kier alpha value is -5.00. The fourth-order valence-corrected chi connectivity index (χ4v) is 4.59. The van der Waals surface area contributed by atoms with Crippen molar-refractivity contribution in [2.75, 3.05) is 17.3 Å². The number of amides is 3. The minimum atomic E-state index is -4.49. The first kappa shape index (κ1) is 30.9. The second-order valence-electron chi connectivity index (χ2n) is 9.80. The molecule has 43 heavy (non-hydrogen) atoms. The zero-order valence-corrected chi connectivity index (χ0v) is 23.3. The lowest BCUT2D eigenvalue weighted by atomic mass is 10.00. The molecule has 3 aromatic carbocycles. The Kier molecular flexibility index (Phi) is 9.59. The number of carbonyl (C=O) groups is 4. The lowest BCUT2D eigenvalue weighted by molar-refractivity contribution is -0.144. The number of anilines is 2. The highest BCUT2D eigenvalue weighted by molar-refractivity contribution is 6.09. The number of para-hydroxylation sites is 1. The average Bonchev–Trinajstić information content (AvgIpc) is 3.13. The summed E-state index contributed by atoms with van der Waals surface area (Å²) < 4.78 is 42.3. The van der Waals surface area contributed by atoms with Crippen molar-refractivity contribution >= 4 is 41.3 Å². The number of fused-ring (bicyclic) bond motifs is 1. The van der Waals surface area contributed by atoms with Crippen molar-refractivity contribution in [3.05, 3.63) is 95.6 Å². The molecule has 1 aliphatic rings. The summed E-state index contributed by atoms with van der Waals surface area (Å²) in [5.74, 6) is -2.75. The van der Waals surface area contributed by atoms with E-state index in [1.807, 2.05) is 0 Å². The van der Waals surface area contributed by atoms with E-state index < -0.39 is 60.8 Å².